The molecule has 0 heterocycles. The highest BCUT2D eigenvalue weighted by molar-refractivity contribution is 7.98. The summed E-state index contributed by atoms with van der Waals surface area (Å²) in [7, 11) is 0. The molecule has 0 aromatic rings. The summed E-state index contributed by atoms with van der Waals surface area (Å²) < 4.78 is 0. The molecule has 0 unspecified atom stereocenters. The molecule has 1 atom stereocenters. The maximum Gasteiger partial charge on any atom is 0.326 e. The highest BCUT2D eigenvalue weighted by atomic mass is 32.2. The number of nitrogens with one attached hydrogen (secondary N) is 1. The smallest absolute Gasteiger partial charge is 0.326 e. The second-order valence-electron chi connectivity index (χ2n) is 3.82. The zero-order valence-electron chi connectivity index (χ0n) is 9.31. The molecule has 1 aliphatic rings. The van der Waals surface area contributed by atoms with Gasteiger partial charge in [-0.05, 0) is 31.3 Å². The quantitative estimate of drug-likeness (QED) is 0.690. The van der Waals surface area contributed by atoms with Crippen molar-refractivity contribution in [1.29, 1.82) is 0 Å². The Morgan fingerprint density at radius 1 is 1.50 bits per heavy atom. The Balaban J connectivity index is 2.41. The molecular weight excluding hydrogens is 226 g/mol. The third-order valence-corrected chi connectivity index (χ3v) is 3.25. The van der Waals surface area contributed by atoms with E-state index < -0.39 is 12.0 Å². The van der Waals surface area contributed by atoms with Gasteiger partial charge in [-0.2, -0.15) is 11.8 Å². The van der Waals surface area contributed by atoms with Crippen molar-refractivity contribution in [2.45, 2.75) is 25.3 Å². The van der Waals surface area contributed by atoms with Gasteiger partial charge in [0.15, 0.2) is 0 Å². The third-order valence-electron chi connectivity index (χ3n) is 2.60. The number of amides is 1. The van der Waals surface area contributed by atoms with Crippen LogP contribution in [0.15, 0.2) is 12.2 Å². The number of aliphatic carboxylic acids is 1. The lowest BCUT2D eigenvalue weighted by Gasteiger charge is -2.16. The molecule has 1 rings (SSSR count). The predicted molar refractivity (Wildman–Crippen MR) is 64.4 cm³/mol. The summed E-state index contributed by atoms with van der Waals surface area (Å²) in [6.07, 6.45) is 7.76. The summed E-state index contributed by atoms with van der Waals surface area (Å²) in [6.45, 7) is 0. The first-order valence-electron chi connectivity index (χ1n) is 5.32. The van der Waals surface area contributed by atoms with Crippen molar-refractivity contribution in [3.8, 4) is 0 Å². The van der Waals surface area contributed by atoms with E-state index in [0.717, 1.165) is 18.6 Å². The SMILES string of the molecule is CSCC[C@@H](NC(=O)C1CC=CC1)C(=O)O. The van der Waals surface area contributed by atoms with Crippen molar-refractivity contribution in [3.05, 3.63) is 12.2 Å². The molecule has 1 amide bonds. The lowest BCUT2D eigenvalue weighted by atomic mass is 10.1. The van der Waals surface area contributed by atoms with E-state index in [4.69, 9.17) is 5.11 Å². The van der Waals surface area contributed by atoms with Crippen LogP contribution in [0.2, 0.25) is 0 Å². The zero-order chi connectivity index (χ0) is 12.0. The number of carboxylic acid groups (broad SMARTS) is 1. The minimum Gasteiger partial charge on any atom is -0.480 e. The molecule has 4 nitrogen and oxygen atoms in total. The number of thioether (sulfide) groups is 1. The first-order valence-corrected chi connectivity index (χ1v) is 6.71. The monoisotopic (exact) mass is 243 g/mol. The largest absolute Gasteiger partial charge is 0.480 e. The van der Waals surface area contributed by atoms with Crippen molar-refractivity contribution in [2.24, 2.45) is 5.92 Å². The Labute approximate surface area is 99.5 Å². The van der Waals surface area contributed by atoms with Gasteiger partial charge in [0.2, 0.25) is 5.91 Å². The molecule has 0 saturated heterocycles. The third kappa shape index (κ3) is 3.89. The van der Waals surface area contributed by atoms with Crippen LogP contribution in [-0.4, -0.2) is 35.0 Å². The van der Waals surface area contributed by atoms with E-state index in [0.29, 0.717) is 6.42 Å². The van der Waals surface area contributed by atoms with E-state index in [1.54, 1.807) is 11.8 Å². The van der Waals surface area contributed by atoms with Crippen LogP contribution in [0.4, 0.5) is 0 Å². The highest BCUT2D eigenvalue weighted by Gasteiger charge is 2.25. The molecular formula is C11H17NO3S. The minimum absolute atomic E-state index is 0.0730. The van der Waals surface area contributed by atoms with Crippen molar-refractivity contribution < 1.29 is 14.7 Å². The molecule has 0 aromatic carbocycles. The molecule has 0 spiro atoms. The first-order chi connectivity index (χ1) is 7.65. The molecule has 1 aliphatic carbocycles. The molecule has 0 aromatic heterocycles. The molecule has 0 saturated carbocycles. The van der Waals surface area contributed by atoms with Crippen molar-refractivity contribution in [2.75, 3.05) is 12.0 Å². The summed E-state index contributed by atoms with van der Waals surface area (Å²) in [4.78, 5) is 22.6. The fourth-order valence-corrected chi connectivity index (χ4v) is 2.09. The fourth-order valence-electron chi connectivity index (χ4n) is 1.61. The topological polar surface area (TPSA) is 66.4 Å². The second kappa shape index (κ2) is 6.58. The minimum atomic E-state index is -0.951. The number of allylic oxidation sites excluding steroid dienone is 2. The molecule has 0 aliphatic heterocycles. The Morgan fingerprint density at radius 2 is 2.12 bits per heavy atom. The average molecular weight is 243 g/mol. The summed E-state index contributed by atoms with van der Waals surface area (Å²) in [5.41, 5.74) is 0. The molecule has 90 valence electrons. The van der Waals surface area contributed by atoms with Gasteiger partial charge in [0.05, 0.1) is 0 Å². The lowest BCUT2D eigenvalue weighted by molar-refractivity contribution is -0.142. The van der Waals surface area contributed by atoms with E-state index in [1.807, 2.05) is 18.4 Å². The van der Waals surface area contributed by atoms with Gasteiger partial charge in [-0.15, -0.1) is 0 Å². The molecule has 16 heavy (non-hydrogen) atoms. The van der Waals surface area contributed by atoms with E-state index >= 15 is 0 Å². The number of carbonyl (C=O) groups excluding carboxylic acids is 1. The molecule has 0 radical (unpaired) electrons. The van der Waals surface area contributed by atoms with Gasteiger partial charge in [0.1, 0.15) is 6.04 Å². The number of hydrogen-bond acceptors (Lipinski definition) is 3. The maximum absolute atomic E-state index is 11.7. The van der Waals surface area contributed by atoms with E-state index in [1.165, 1.54) is 0 Å². The molecule has 0 fully saturated rings. The van der Waals surface area contributed by atoms with Crippen LogP contribution in [0, 0.1) is 5.92 Å². The van der Waals surface area contributed by atoms with E-state index in [9.17, 15) is 9.59 Å². The zero-order valence-corrected chi connectivity index (χ0v) is 10.1. The van der Waals surface area contributed by atoms with Gasteiger partial charge < -0.3 is 10.4 Å². The number of carbonyl (C=O) groups is 2. The van der Waals surface area contributed by atoms with Gasteiger partial charge in [-0.3, -0.25) is 4.79 Å². The van der Waals surface area contributed by atoms with Crippen molar-refractivity contribution in [3.63, 3.8) is 0 Å². The molecule has 0 bridgehead atoms. The van der Waals surface area contributed by atoms with Crippen LogP contribution in [-0.2, 0) is 9.59 Å². The molecule has 2 N–H and O–H groups in total. The standard InChI is InChI=1S/C11H17NO3S/c1-16-7-6-9(11(14)15)12-10(13)8-4-2-3-5-8/h2-3,8-9H,4-7H2,1H3,(H,12,13)(H,14,15)/t9-/m1/s1. The summed E-state index contributed by atoms with van der Waals surface area (Å²) >= 11 is 1.58. The van der Waals surface area contributed by atoms with Crippen LogP contribution >= 0.6 is 11.8 Å². The second-order valence-corrected chi connectivity index (χ2v) is 4.81. The highest BCUT2D eigenvalue weighted by Crippen LogP contribution is 2.18. The van der Waals surface area contributed by atoms with Gasteiger partial charge in [-0.1, -0.05) is 12.2 Å². The Hall–Kier alpha value is -0.970. The summed E-state index contributed by atoms with van der Waals surface area (Å²) in [6, 6.07) is -0.749. The van der Waals surface area contributed by atoms with Gasteiger partial charge in [0.25, 0.3) is 0 Å². The van der Waals surface area contributed by atoms with Crippen molar-refractivity contribution >= 4 is 23.6 Å². The van der Waals surface area contributed by atoms with Crippen LogP contribution in [0.5, 0.6) is 0 Å². The predicted octanol–water partition coefficient (Wildman–Crippen LogP) is 1.28. The van der Waals surface area contributed by atoms with Crippen LogP contribution < -0.4 is 5.32 Å². The molecule has 5 heteroatoms. The summed E-state index contributed by atoms with van der Waals surface area (Å²) in [5.74, 6) is -0.428. The number of carboxylic acids is 1. The van der Waals surface area contributed by atoms with Gasteiger partial charge in [0, 0.05) is 5.92 Å². The van der Waals surface area contributed by atoms with Crippen LogP contribution in [0.3, 0.4) is 0 Å². The maximum atomic E-state index is 11.7. The Morgan fingerprint density at radius 3 is 2.62 bits per heavy atom. The lowest BCUT2D eigenvalue weighted by Crippen LogP contribution is -2.43. The van der Waals surface area contributed by atoms with E-state index in [2.05, 4.69) is 5.32 Å². The average Bonchev–Trinajstić information content (AvgIpc) is 2.76. The number of hydrogen-bond donors (Lipinski definition) is 2. The van der Waals surface area contributed by atoms with Gasteiger partial charge >= 0.3 is 5.97 Å². The normalized spacial score (nSPS) is 17.3. The summed E-state index contributed by atoms with van der Waals surface area (Å²) in [5, 5.41) is 11.6. The van der Waals surface area contributed by atoms with E-state index in [-0.39, 0.29) is 11.8 Å². The Kier molecular flexibility index (Phi) is 5.38. The fraction of sp³-hybridized carbons (Fsp3) is 0.636. The van der Waals surface area contributed by atoms with Crippen LogP contribution in [0.25, 0.3) is 0 Å². The first kappa shape index (κ1) is 13.1. The number of rotatable bonds is 6. The van der Waals surface area contributed by atoms with Gasteiger partial charge in [-0.25, -0.2) is 4.79 Å². The van der Waals surface area contributed by atoms with Crippen LogP contribution in [0.1, 0.15) is 19.3 Å². The Bertz CT molecular complexity index is 283. The van der Waals surface area contributed by atoms with Crippen molar-refractivity contribution in [1.82, 2.24) is 5.32 Å².